The number of anilines is 1. The quantitative estimate of drug-likeness (QED) is 0.692. The summed E-state index contributed by atoms with van der Waals surface area (Å²) in [6.07, 6.45) is 11.6. The Morgan fingerprint density at radius 1 is 1.23 bits per heavy atom. The van der Waals surface area contributed by atoms with Crippen molar-refractivity contribution in [2.75, 3.05) is 31.5 Å². The number of piperidine rings is 1. The third-order valence-corrected chi connectivity index (χ3v) is 6.79. The normalized spacial score (nSPS) is 19.4. The zero-order chi connectivity index (χ0) is 20.6. The molecule has 0 radical (unpaired) electrons. The number of carbonyl (C=O) groups is 2. The van der Waals surface area contributed by atoms with Crippen LogP contribution < -0.4 is 10.6 Å². The van der Waals surface area contributed by atoms with Gasteiger partial charge in [0.15, 0.2) is 0 Å². The lowest BCUT2D eigenvalue weighted by Crippen LogP contribution is -2.62. The number of amides is 2. The Kier molecular flexibility index (Phi) is 6.22. The molecule has 2 aromatic heterocycles. The van der Waals surface area contributed by atoms with Gasteiger partial charge < -0.3 is 15.5 Å². The van der Waals surface area contributed by atoms with Crippen LogP contribution in [-0.2, 0) is 16.0 Å². The Labute approximate surface area is 191 Å². The lowest BCUT2D eigenvalue weighted by Gasteiger charge is -2.43. The molecule has 0 aromatic carbocycles. The summed E-state index contributed by atoms with van der Waals surface area (Å²) in [5.74, 6) is 0.707. The second-order valence-electron chi connectivity index (χ2n) is 8.12. The molecular formula is C22H24ClN5O2S. The molecule has 7 nitrogen and oxygen atoms in total. The Morgan fingerprint density at radius 3 is 2.71 bits per heavy atom. The van der Waals surface area contributed by atoms with Gasteiger partial charge in [0.05, 0.1) is 5.41 Å². The first kappa shape index (κ1) is 21.7. The summed E-state index contributed by atoms with van der Waals surface area (Å²) in [5, 5.41) is 9.11. The first-order valence-electron chi connectivity index (χ1n) is 10.2. The van der Waals surface area contributed by atoms with Gasteiger partial charge in [-0.3, -0.25) is 9.59 Å². The molecule has 0 aliphatic carbocycles. The van der Waals surface area contributed by atoms with Gasteiger partial charge in [0.1, 0.15) is 10.8 Å². The summed E-state index contributed by atoms with van der Waals surface area (Å²) in [6, 6.07) is 2.02. The van der Waals surface area contributed by atoms with E-state index in [1.165, 1.54) is 5.57 Å². The van der Waals surface area contributed by atoms with Crippen LogP contribution in [0.25, 0.3) is 12.2 Å². The highest BCUT2D eigenvalue weighted by molar-refractivity contribution is 7.10. The van der Waals surface area contributed by atoms with Crippen LogP contribution in [0.5, 0.6) is 0 Å². The number of fused-ring (bicyclic) bond motifs is 1. The van der Waals surface area contributed by atoms with Crippen LogP contribution in [0.2, 0.25) is 0 Å². The number of carbonyl (C=O) groups excluding carboxylic acids is 2. The van der Waals surface area contributed by atoms with Crippen molar-refractivity contribution in [1.29, 1.82) is 0 Å². The van der Waals surface area contributed by atoms with E-state index in [9.17, 15) is 9.59 Å². The highest BCUT2D eigenvalue weighted by Gasteiger charge is 2.47. The van der Waals surface area contributed by atoms with Gasteiger partial charge >= 0.3 is 0 Å². The van der Waals surface area contributed by atoms with Crippen molar-refractivity contribution in [2.45, 2.75) is 19.3 Å². The van der Waals surface area contributed by atoms with Crippen LogP contribution in [0, 0.1) is 5.41 Å². The molecule has 162 valence electrons. The van der Waals surface area contributed by atoms with Crippen molar-refractivity contribution in [3.8, 4) is 0 Å². The predicted octanol–water partition coefficient (Wildman–Crippen LogP) is 2.76. The summed E-state index contributed by atoms with van der Waals surface area (Å²) in [5.41, 5.74) is 2.91. The maximum Gasteiger partial charge on any atom is 0.246 e. The minimum absolute atomic E-state index is 0. The van der Waals surface area contributed by atoms with Gasteiger partial charge in [0.2, 0.25) is 11.8 Å². The fraction of sp³-hybridized carbons (Fsp3) is 0.364. The molecule has 5 rings (SSSR count). The van der Waals surface area contributed by atoms with Crippen LogP contribution in [0.4, 0.5) is 5.82 Å². The lowest BCUT2D eigenvalue weighted by atomic mass is 9.73. The minimum Gasteiger partial charge on any atom is -0.339 e. The van der Waals surface area contributed by atoms with Gasteiger partial charge in [-0.05, 0) is 48.6 Å². The average Bonchev–Trinajstić information content (AvgIpc) is 3.24. The summed E-state index contributed by atoms with van der Waals surface area (Å²) in [6.45, 7) is 2.85. The number of pyridine rings is 1. The van der Waals surface area contributed by atoms with E-state index in [0.29, 0.717) is 25.3 Å². The minimum atomic E-state index is -0.343. The maximum atomic E-state index is 12.6. The van der Waals surface area contributed by atoms with Crippen LogP contribution in [0.15, 0.2) is 35.5 Å². The Hall–Kier alpha value is -2.55. The molecule has 3 aliphatic rings. The molecule has 1 spiro atoms. The molecule has 31 heavy (non-hydrogen) atoms. The third-order valence-electron chi connectivity index (χ3n) is 6.07. The van der Waals surface area contributed by atoms with Crippen molar-refractivity contribution >= 4 is 53.5 Å². The Morgan fingerprint density at radius 2 is 2.03 bits per heavy atom. The van der Waals surface area contributed by atoms with E-state index in [1.54, 1.807) is 23.6 Å². The van der Waals surface area contributed by atoms with Gasteiger partial charge in [-0.15, -0.1) is 23.7 Å². The van der Waals surface area contributed by atoms with Crippen LogP contribution in [0.1, 0.15) is 29.0 Å². The molecule has 0 saturated carbocycles. The molecule has 2 amide bonds. The van der Waals surface area contributed by atoms with Gasteiger partial charge in [-0.2, -0.15) is 0 Å². The first-order valence-corrected chi connectivity index (χ1v) is 11.1. The average molecular weight is 458 g/mol. The molecule has 2 fully saturated rings. The second kappa shape index (κ2) is 8.90. The summed E-state index contributed by atoms with van der Waals surface area (Å²) < 4.78 is 0. The number of halogens is 1. The number of aromatic nitrogens is 2. The van der Waals surface area contributed by atoms with Crippen molar-refractivity contribution in [3.63, 3.8) is 0 Å². The van der Waals surface area contributed by atoms with E-state index >= 15 is 0 Å². The molecule has 5 heterocycles. The number of likely N-dealkylation sites (tertiary alicyclic amines) is 1. The second-order valence-corrected chi connectivity index (χ2v) is 9.05. The molecule has 2 aromatic rings. The SMILES string of the molecule is Cl.O=C(/C=C/c1cnc2c(c1)CC1(CNC1)C(=O)N2)N1CCC(=Cc2nccs2)CC1. The molecule has 0 atom stereocenters. The number of thiazole rings is 1. The molecule has 9 heteroatoms. The highest BCUT2D eigenvalue weighted by Crippen LogP contribution is 2.36. The number of hydrogen-bond acceptors (Lipinski definition) is 6. The fourth-order valence-corrected chi connectivity index (χ4v) is 4.79. The monoisotopic (exact) mass is 457 g/mol. The molecule has 0 bridgehead atoms. The fourth-order valence-electron chi connectivity index (χ4n) is 4.18. The lowest BCUT2D eigenvalue weighted by molar-refractivity contribution is -0.129. The number of nitrogens with zero attached hydrogens (tertiary/aromatic N) is 3. The van der Waals surface area contributed by atoms with Gasteiger partial charge in [0, 0.05) is 50.0 Å². The third kappa shape index (κ3) is 4.42. The zero-order valence-corrected chi connectivity index (χ0v) is 18.6. The van der Waals surface area contributed by atoms with Crippen molar-refractivity contribution < 1.29 is 9.59 Å². The topological polar surface area (TPSA) is 87.2 Å². The van der Waals surface area contributed by atoms with Crippen molar-refractivity contribution in [1.82, 2.24) is 20.2 Å². The Balaban J connectivity index is 0.00000231. The molecular weight excluding hydrogens is 434 g/mol. The van der Waals surface area contributed by atoms with Gasteiger partial charge in [0.25, 0.3) is 0 Å². The van der Waals surface area contributed by atoms with E-state index in [0.717, 1.165) is 42.1 Å². The summed E-state index contributed by atoms with van der Waals surface area (Å²) in [4.78, 5) is 35.5. The zero-order valence-electron chi connectivity index (χ0n) is 17.0. The predicted molar refractivity (Wildman–Crippen MR) is 124 cm³/mol. The largest absolute Gasteiger partial charge is 0.339 e. The standard InChI is InChI=1S/C22H23N5O2S.ClH/c28-19(27-6-3-15(4-7-27)10-18-24-5-8-30-18)2-1-16-9-17-11-22(13-23-14-22)21(29)26-20(17)25-12-16;/h1-2,5,8-10,12,23H,3-4,6-7,11,13-14H2,(H,25,26,29);1H/b2-1+;. The van der Waals surface area contributed by atoms with E-state index in [1.807, 2.05) is 28.6 Å². The van der Waals surface area contributed by atoms with Gasteiger partial charge in [-0.25, -0.2) is 9.97 Å². The first-order chi connectivity index (χ1) is 14.6. The van der Waals surface area contributed by atoms with Crippen LogP contribution in [0.3, 0.4) is 0 Å². The molecule has 3 aliphatic heterocycles. The highest BCUT2D eigenvalue weighted by atomic mass is 35.5. The van der Waals surface area contributed by atoms with Gasteiger partial charge in [-0.1, -0.05) is 5.57 Å². The van der Waals surface area contributed by atoms with Crippen molar-refractivity contribution in [2.24, 2.45) is 5.41 Å². The van der Waals surface area contributed by atoms with Crippen LogP contribution in [-0.4, -0.2) is 52.9 Å². The molecule has 2 saturated heterocycles. The van der Waals surface area contributed by atoms with E-state index in [-0.39, 0.29) is 29.6 Å². The Bertz CT molecular complexity index is 1040. The number of hydrogen-bond donors (Lipinski definition) is 2. The number of rotatable bonds is 3. The van der Waals surface area contributed by atoms with Crippen LogP contribution >= 0.6 is 23.7 Å². The summed E-state index contributed by atoms with van der Waals surface area (Å²) in [7, 11) is 0. The number of nitrogens with one attached hydrogen (secondary N) is 2. The molecule has 0 unspecified atom stereocenters. The van der Waals surface area contributed by atoms with E-state index < -0.39 is 0 Å². The van der Waals surface area contributed by atoms with Crippen molar-refractivity contribution in [3.05, 3.63) is 51.6 Å². The molecule has 2 N–H and O–H groups in total. The maximum absolute atomic E-state index is 12.6. The smallest absolute Gasteiger partial charge is 0.246 e. The van der Waals surface area contributed by atoms with E-state index in [4.69, 9.17) is 0 Å². The van der Waals surface area contributed by atoms with E-state index in [2.05, 4.69) is 26.7 Å². The summed E-state index contributed by atoms with van der Waals surface area (Å²) >= 11 is 1.63.